The maximum atomic E-state index is 14.2. The molecule has 1 fully saturated rings. The number of nitrogens with one attached hydrogen (secondary N) is 2. The normalized spacial score (nSPS) is 20.2. The maximum Gasteiger partial charge on any atom is 0.238 e. The predicted molar refractivity (Wildman–Crippen MR) is 155 cm³/mol. The topological polar surface area (TPSA) is 109 Å². The molecule has 3 aromatic rings. The van der Waals surface area contributed by atoms with Gasteiger partial charge in [0, 0.05) is 35.9 Å². The number of hydrogen-bond acceptors (Lipinski definition) is 9. The fraction of sp³-hybridized carbons (Fsp3) is 0.393. The zero-order valence-corrected chi connectivity index (χ0v) is 24.8. The molecule has 0 bridgehead atoms. The van der Waals surface area contributed by atoms with Crippen LogP contribution in [0.25, 0.3) is 11.3 Å². The molecular formula is C28H30BrF2N5O4S. The highest BCUT2D eigenvalue weighted by molar-refractivity contribution is 9.10. The first-order chi connectivity index (χ1) is 19.7. The number of alkyl halides is 1. The van der Waals surface area contributed by atoms with Gasteiger partial charge in [-0.3, -0.25) is 4.79 Å². The molecule has 13 heteroatoms. The average Bonchev–Trinajstić information content (AvgIpc) is 3.40. The van der Waals surface area contributed by atoms with Gasteiger partial charge in [0.2, 0.25) is 11.9 Å². The number of benzene rings is 2. The van der Waals surface area contributed by atoms with E-state index in [2.05, 4.69) is 36.5 Å². The summed E-state index contributed by atoms with van der Waals surface area (Å²) < 4.78 is 41.2. The van der Waals surface area contributed by atoms with Crippen LogP contribution in [0.15, 0.2) is 52.0 Å². The first-order valence-electron chi connectivity index (χ1n) is 13.1. The Hall–Kier alpha value is -2.84. The molecule has 1 saturated heterocycles. The summed E-state index contributed by atoms with van der Waals surface area (Å²) in [6.07, 6.45) is 1.04. The Kier molecular flexibility index (Phi) is 9.39. The minimum absolute atomic E-state index is 0.0518. The van der Waals surface area contributed by atoms with Crippen LogP contribution in [0.4, 0.5) is 14.7 Å². The van der Waals surface area contributed by atoms with Gasteiger partial charge in [0.25, 0.3) is 0 Å². The average molecular weight is 651 g/mol. The summed E-state index contributed by atoms with van der Waals surface area (Å²) in [5.74, 6) is -0.182. The number of rotatable bonds is 9. The second kappa shape index (κ2) is 13.0. The number of anilines is 1. The van der Waals surface area contributed by atoms with Crippen LogP contribution in [-0.4, -0.2) is 70.5 Å². The number of aromatic nitrogens is 2. The SMILES string of the molecule is COc1cc(F)cc(C(CO)NC(=O)C(C)N2Cc3ccc(-c4nc(NC5CCOCC5F)ncc4Br)cc3S2)c1. The van der Waals surface area contributed by atoms with Gasteiger partial charge < -0.3 is 25.2 Å². The predicted octanol–water partition coefficient (Wildman–Crippen LogP) is 4.65. The molecule has 2 aliphatic heterocycles. The van der Waals surface area contributed by atoms with Crippen LogP contribution in [0.1, 0.15) is 30.5 Å². The molecule has 3 N–H and O–H groups in total. The van der Waals surface area contributed by atoms with Crippen LogP contribution in [0.5, 0.6) is 5.75 Å². The van der Waals surface area contributed by atoms with Crippen LogP contribution >= 0.6 is 27.9 Å². The van der Waals surface area contributed by atoms with Crippen molar-refractivity contribution in [2.24, 2.45) is 0 Å². The molecular weight excluding hydrogens is 620 g/mol. The van der Waals surface area contributed by atoms with E-state index in [1.165, 1.54) is 31.2 Å². The number of carbonyl (C=O) groups excluding carboxylic acids is 1. The van der Waals surface area contributed by atoms with Gasteiger partial charge in [0.15, 0.2) is 0 Å². The van der Waals surface area contributed by atoms with E-state index in [4.69, 9.17) is 9.47 Å². The van der Waals surface area contributed by atoms with Crippen molar-refractivity contribution in [3.63, 3.8) is 0 Å². The van der Waals surface area contributed by atoms with Crippen LogP contribution in [-0.2, 0) is 16.1 Å². The largest absolute Gasteiger partial charge is 0.497 e. The minimum atomic E-state index is -1.13. The first kappa shape index (κ1) is 29.6. The van der Waals surface area contributed by atoms with E-state index in [-0.39, 0.29) is 12.5 Å². The molecule has 41 heavy (non-hydrogen) atoms. The molecule has 9 nitrogen and oxygen atoms in total. The van der Waals surface area contributed by atoms with E-state index in [0.29, 0.717) is 47.0 Å². The van der Waals surface area contributed by atoms with Crippen molar-refractivity contribution in [1.82, 2.24) is 19.6 Å². The lowest BCUT2D eigenvalue weighted by molar-refractivity contribution is -0.125. The molecule has 1 amide bonds. The summed E-state index contributed by atoms with van der Waals surface area (Å²) in [4.78, 5) is 23.1. The van der Waals surface area contributed by atoms with Crippen molar-refractivity contribution in [3.05, 3.63) is 64.0 Å². The fourth-order valence-electron chi connectivity index (χ4n) is 4.69. The molecule has 4 atom stereocenters. The van der Waals surface area contributed by atoms with Crippen molar-refractivity contribution < 1.29 is 28.2 Å². The molecule has 0 aliphatic carbocycles. The lowest BCUT2D eigenvalue weighted by Gasteiger charge is -2.26. The van der Waals surface area contributed by atoms with Gasteiger partial charge in [-0.1, -0.05) is 12.1 Å². The second-order valence-electron chi connectivity index (χ2n) is 9.85. The first-order valence-corrected chi connectivity index (χ1v) is 14.7. The number of hydrogen-bond donors (Lipinski definition) is 3. The zero-order valence-electron chi connectivity index (χ0n) is 22.4. The molecule has 0 saturated carbocycles. The lowest BCUT2D eigenvalue weighted by atomic mass is 10.1. The highest BCUT2D eigenvalue weighted by Crippen LogP contribution is 2.40. The monoisotopic (exact) mass is 649 g/mol. The molecule has 3 heterocycles. The van der Waals surface area contributed by atoms with Gasteiger partial charge >= 0.3 is 0 Å². The summed E-state index contributed by atoms with van der Waals surface area (Å²) >= 11 is 4.98. The third kappa shape index (κ3) is 6.81. The summed E-state index contributed by atoms with van der Waals surface area (Å²) in [6, 6.07) is 8.29. The van der Waals surface area contributed by atoms with Gasteiger partial charge in [0.05, 0.1) is 48.6 Å². The van der Waals surface area contributed by atoms with Crippen molar-refractivity contribution in [2.75, 3.05) is 32.2 Å². The van der Waals surface area contributed by atoms with Crippen LogP contribution in [0.2, 0.25) is 0 Å². The van der Waals surface area contributed by atoms with E-state index in [9.17, 15) is 18.7 Å². The summed E-state index contributed by atoms with van der Waals surface area (Å²) in [5, 5.41) is 15.8. The van der Waals surface area contributed by atoms with E-state index >= 15 is 0 Å². The molecule has 4 unspecified atom stereocenters. The van der Waals surface area contributed by atoms with Crippen molar-refractivity contribution >= 4 is 39.7 Å². The smallest absolute Gasteiger partial charge is 0.238 e. The number of amides is 1. The summed E-state index contributed by atoms with van der Waals surface area (Å²) in [6.45, 7) is 2.45. The Labute approximate surface area is 249 Å². The molecule has 0 spiro atoms. The molecule has 0 radical (unpaired) electrons. The van der Waals surface area contributed by atoms with Crippen molar-refractivity contribution in [3.8, 4) is 17.0 Å². The molecule has 1 aromatic heterocycles. The Bertz CT molecular complexity index is 1420. The Balaban J connectivity index is 1.27. The van der Waals surface area contributed by atoms with Crippen LogP contribution in [0.3, 0.4) is 0 Å². The van der Waals surface area contributed by atoms with Gasteiger partial charge in [-0.15, -0.1) is 0 Å². The molecule has 2 aliphatic rings. The van der Waals surface area contributed by atoms with Gasteiger partial charge in [-0.25, -0.2) is 23.1 Å². The summed E-state index contributed by atoms with van der Waals surface area (Å²) in [5.41, 5.74) is 2.97. The molecule has 218 valence electrons. The second-order valence-corrected chi connectivity index (χ2v) is 11.8. The number of aliphatic hydroxyl groups excluding tert-OH is 1. The van der Waals surface area contributed by atoms with E-state index in [1.807, 2.05) is 22.5 Å². The Morgan fingerprint density at radius 3 is 2.93 bits per heavy atom. The minimum Gasteiger partial charge on any atom is -0.497 e. The third-order valence-corrected chi connectivity index (χ3v) is 8.91. The Morgan fingerprint density at radius 2 is 2.17 bits per heavy atom. The van der Waals surface area contributed by atoms with E-state index in [1.54, 1.807) is 19.2 Å². The van der Waals surface area contributed by atoms with Crippen molar-refractivity contribution in [2.45, 2.75) is 49.1 Å². The van der Waals surface area contributed by atoms with E-state index in [0.717, 1.165) is 16.0 Å². The number of ether oxygens (including phenoxy) is 2. The lowest BCUT2D eigenvalue weighted by Crippen LogP contribution is -2.43. The Morgan fingerprint density at radius 1 is 1.34 bits per heavy atom. The van der Waals surface area contributed by atoms with Crippen molar-refractivity contribution in [1.29, 1.82) is 0 Å². The number of halogens is 3. The molecule has 5 rings (SSSR count). The van der Waals surface area contributed by atoms with Gasteiger partial charge in [-0.2, -0.15) is 0 Å². The number of carbonyl (C=O) groups is 1. The van der Waals surface area contributed by atoms with E-state index < -0.39 is 36.7 Å². The highest BCUT2D eigenvalue weighted by Gasteiger charge is 2.31. The number of aliphatic hydroxyl groups is 1. The number of methoxy groups -OCH3 is 1. The van der Waals surface area contributed by atoms with Gasteiger partial charge in [-0.05, 0) is 70.5 Å². The fourth-order valence-corrected chi connectivity index (χ4v) is 6.25. The van der Waals surface area contributed by atoms with Gasteiger partial charge in [0.1, 0.15) is 17.7 Å². The molecule has 2 aromatic carbocycles. The zero-order chi connectivity index (χ0) is 29.1. The maximum absolute atomic E-state index is 14.2. The van der Waals surface area contributed by atoms with Crippen LogP contribution < -0.4 is 15.4 Å². The standard InChI is InChI=1S/C28H30BrF2N5O4S/c1-15(27(38)33-24(13-37)18-7-19(30)10-20(8-18)39-2)36-12-17-4-3-16(9-25(17)41-36)26-21(29)11-32-28(35-26)34-23-5-6-40-14-22(23)31/h3-4,7-11,15,22-24,37H,5-6,12-14H2,1-2H3,(H,33,38)(H,32,34,35). The number of fused-ring (bicyclic) bond motifs is 1. The quantitative estimate of drug-likeness (QED) is 0.285. The highest BCUT2D eigenvalue weighted by atomic mass is 79.9. The van der Waals surface area contributed by atoms with Crippen LogP contribution in [0, 0.1) is 5.82 Å². The summed E-state index contributed by atoms with van der Waals surface area (Å²) in [7, 11) is 1.42. The number of nitrogens with zero attached hydrogens (tertiary/aromatic N) is 3. The third-order valence-electron chi connectivity index (χ3n) is 7.07.